The number of carbonyl (C=O) groups is 1. The van der Waals surface area contributed by atoms with E-state index in [1.807, 2.05) is 42.5 Å². The molecule has 0 unspecified atom stereocenters. The topological polar surface area (TPSA) is 61.9 Å². The molecule has 1 saturated heterocycles. The van der Waals surface area contributed by atoms with E-state index >= 15 is 0 Å². The van der Waals surface area contributed by atoms with Crippen molar-refractivity contribution in [2.75, 3.05) is 38.5 Å². The largest absolute Gasteiger partial charge is 0.459 e. The number of anilines is 1. The number of nitrogens with one attached hydrogen (secondary N) is 1. The van der Waals surface area contributed by atoms with Gasteiger partial charge in [-0.15, -0.1) is 0 Å². The van der Waals surface area contributed by atoms with Crippen LogP contribution in [-0.2, 0) is 0 Å². The first-order chi connectivity index (χ1) is 15.2. The van der Waals surface area contributed by atoms with Crippen LogP contribution in [0.25, 0.3) is 11.0 Å². The molecule has 1 atom stereocenters. The van der Waals surface area contributed by atoms with Crippen LogP contribution in [-0.4, -0.2) is 48.9 Å². The molecule has 0 saturated carbocycles. The normalized spacial score (nSPS) is 16.4. The number of fused-ring (bicyclic) bond motifs is 1. The van der Waals surface area contributed by atoms with Crippen molar-refractivity contribution in [3.05, 3.63) is 90.1 Å². The van der Waals surface area contributed by atoms with Crippen LogP contribution in [0.2, 0.25) is 0 Å². The molecule has 1 fully saturated rings. The van der Waals surface area contributed by atoms with E-state index in [0.717, 1.165) is 48.5 Å². The van der Waals surface area contributed by atoms with Crippen molar-refractivity contribution < 1.29 is 13.6 Å². The molecular formula is C25H25N3O3. The third-order valence-electron chi connectivity index (χ3n) is 5.87. The van der Waals surface area contributed by atoms with Gasteiger partial charge >= 0.3 is 0 Å². The summed E-state index contributed by atoms with van der Waals surface area (Å²) in [7, 11) is 2.14. The Morgan fingerprint density at radius 1 is 0.935 bits per heavy atom. The first kappa shape index (κ1) is 19.6. The average Bonchev–Trinajstić information content (AvgIpc) is 3.45. The maximum atomic E-state index is 12.9. The number of hydrogen-bond acceptors (Lipinski definition) is 5. The minimum atomic E-state index is -0.289. The molecule has 3 heterocycles. The number of benzene rings is 2. The van der Waals surface area contributed by atoms with Crippen LogP contribution in [0.3, 0.4) is 0 Å². The van der Waals surface area contributed by atoms with Gasteiger partial charge in [-0.25, -0.2) is 0 Å². The predicted octanol–water partition coefficient (Wildman–Crippen LogP) is 4.61. The fourth-order valence-corrected chi connectivity index (χ4v) is 4.21. The lowest BCUT2D eigenvalue weighted by Crippen LogP contribution is -2.46. The molecule has 31 heavy (non-hydrogen) atoms. The minimum absolute atomic E-state index is 0.103. The predicted molar refractivity (Wildman–Crippen MR) is 120 cm³/mol. The molecule has 1 aliphatic heterocycles. The molecular weight excluding hydrogens is 390 g/mol. The van der Waals surface area contributed by atoms with Gasteiger partial charge in [-0.2, -0.15) is 0 Å². The molecule has 1 N–H and O–H groups in total. The Kier molecular flexibility index (Phi) is 5.32. The number of furan rings is 2. The Bertz CT molecular complexity index is 1160. The third-order valence-corrected chi connectivity index (χ3v) is 5.87. The monoisotopic (exact) mass is 415 g/mol. The maximum Gasteiger partial charge on any atom is 0.291 e. The summed E-state index contributed by atoms with van der Waals surface area (Å²) < 4.78 is 11.7. The first-order valence-electron chi connectivity index (χ1n) is 10.5. The molecule has 6 heteroatoms. The molecule has 1 aliphatic rings. The van der Waals surface area contributed by atoms with E-state index in [-0.39, 0.29) is 17.7 Å². The Morgan fingerprint density at radius 2 is 1.68 bits per heavy atom. The molecule has 2 aromatic heterocycles. The lowest BCUT2D eigenvalue weighted by Gasteiger charge is -2.37. The number of piperazine rings is 1. The van der Waals surface area contributed by atoms with E-state index in [1.165, 1.54) is 6.26 Å². The van der Waals surface area contributed by atoms with Crippen molar-refractivity contribution in [1.82, 2.24) is 9.80 Å². The Hall–Kier alpha value is -3.35. The van der Waals surface area contributed by atoms with Gasteiger partial charge in [-0.1, -0.05) is 42.5 Å². The highest BCUT2D eigenvalue weighted by Gasteiger charge is 2.32. The number of amides is 1. The smallest absolute Gasteiger partial charge is 0.291 e. The molecule has 0 bridgehead atoms. The zero-order valence-electron chi connectivity index (χ0n) is 17.5. The summed E-state index contributed by atoms with van der Waals surface area (Å²) in [6, 6.07) is 21.4. The van der Waals surface area contributed by atoms with Gasteiger partial charge in [0.05, 0.1) is 18.0 Å². The van der Waals surface area contributed by atoms with E-state index < -0.39 is 0 Å². The van der Waals surface area contributed by atoms with Gasteiger partial charge < -0.3 is 19.1 Å². The number of para-hydroxylation sites is 1. The van der Waals surface area contributed by atoms with Crippen molar-refractivity contribution in [2.24, 2.45) is 0 Å². The van der Waals surface area contributed by atoms with Crippen LogP contribution < -0.4 is 5.32 Å². The minimum Gasteiger partial charge on any atom is -0.459 e. The molecule has 5 rings (SSSR count). The molecule has 6 nitrogen and oxygen atoms in total. The van der Waals surface area contributed by atoms with Crippen molar-refractivity contribution in [2.45, 2.75) is 6.04 Å². The maximum absolute atomic E-state index is 12.9. The quantitative estimate of drug-likeness (QED) is 0.516. The molecule has 2 aromatic carbocycles. The molecule has 1 amide bonds. The molecule has 0 aliphatic carbocycles. The Morgan fingerprint density at radius 3 is 2.42 bits per heavy atom. The summed E-state index contributed by atoms with van der Waals surface area (Å²) in [4.78, 5) is 17.6. The fourth-order valence-electron chi connectivity index (χ4n) is 4.21. The third kappa shape index (κ3) is 3.87. The van der Waals surface area contributed by atoms with E-state index in [2.05, 4.69) is 34.3 Å². The molecule has 158 valence electrons. The summed E-state index contributed by atoms with van der Waals surface area (Å²) in [5, 5.41) is 3.95. The highest BCUT2D eigenvalue weighted by molar-refractivity contribution is 6.08. The van der Waals surface area contributed by atoms with Crippen molar-refractivity contribution in [3.8, 4) is 0 Å². The summed E-state index contributed by atoms with van der Waals surface area (Å²) in [5.41, 5.74) is 2.59. The van der Waals surface area contributed by atoms with Crippen LogP contribution in [0.4, 0.5) is 5.69 Å². The number of likely N-dealkylation sites (N-methyl/N-ethyl adjacent to an activating group) is 1. The summed E-state index contributed by atoms with van der Waals surface area (Å²) in [6.45, 7) is 3.80. The van der Waals surface area contributed by atoms with Gasteiger partial charge in [0.2, 0.25) is 0 Å². The van der Waals surface area contributed by atoms with Gasteiger partial charge in [-0.05, 0) is 36.9 Å². The van der Waals surface area contributed by atoms with Crippen LogP contribution >= 0.6 is 0 Å². The van der Waals surface area contributed by atoms with Gasteiger partial charge in [0.25, 0.3) is 5.91 Å². The highest BCUT2D eigenvalue weighted by atomic mass is 16.3. The van der Waals surface area contributed by atoms with Crippen LogP contribution in [0.5, 0.6) is 0 Å². The highest BCUT2D eigenvalue weighted by Crippen LogP contribution is 2.40. The standard InChI is InChI=1S/C25H25N3O3/c1-27-13-15-28(16-14-27)23(18-8-3-2-4-9-18)24-22(19-10-5-6-11-20(19)31-24)26-25(29)21-12-7-17-30-21/h2-12,17,23H,13-16H2,1H3,(H,26,29)/t23-/m1/s1. The number of carbonyl (C=O) groups excluding carboxylic acids is 1. The van der Waals surface area contributed by atoms with Gasteiger partial charge in [-0.3, -0.25) is 9.69 Å². The van der Waals surface area contributed by atoms with E-state index in [0.29, 0.717) is 5.69 Å². The van der Waals surface area contributed by atoms with E-state index in [9.17, 15) is 4.79 Å². The lowest BCUT2D eigenvalue weighted by atomic mass is 10.00. The van der Waals surface area contributed by atoms with Gasteiger partial charge in [0.1, 0.15) is 11.3 Å². The second-order valence-corrected chi connectivity index (χ2v) is 7.92. The van der Waals surface area contributed by atoms with Crippen molar-refractivity contribution >= 4 is 22.6 Å². The van der Waals surface area contributed by atoms with E-state index in [4.69, 9.17) is 8.83 Å². The summed E-state index contributed by atoms with van der Waals surface area (Å²) >= 11 is 0. The second kappa shape index (κ2) is 8.41. The van der Waals surface area contributed by atoms with Crippen molar-refractivity contribution in [1.29, 1.82) is 0 Å². The first-order valence-corrected chi connectivity index (χ1v) is 10.5. The zero-order valence-corrected chi connectivity index (χ0v) is 17.5. The van der Waals surface area contributed by atoms with Gasteiger partial charge in [0.15, 0.2) is 5.76 Å². The summed E-state index contributed by atoms with van der Waals surface area (Å²) in [5.74, 6) is 0.729. The second-order valence-electron chi connectivity index (χ2n) is 7.92. The fraction of sp³-hybridized carbons (Fsp3) is 0.240. The summed E-state index contributed by atoms with van der Waals surface area (Å²) in [6.07, 6.45) is 1.50. The Balaban J connectivity index is 1.62. The van der Waals surface area contributed by atoms with Crippen LogP contribution in [0.1, 0.15) is 27.9 Å². The molecule has 0 radical (unpaired) electrons. The van der Waals surface area contributed by atoms with Crippen LogP contribution in [0.15, 0.2) is 81.8 Å². The number of rotatable bonds is 5. The molecule has 0 spiro atoms. The lowest BCUT2D eigenvalue weighted by molar-refractivity contribution is 0.0995. The average molecular weight is 415 g/mol. The van der Waals surface area contributed by atoms with Crippen molar-refractivity contribution in [3.63, 3.8) is 0 Å². The number of nitrogens with zero attached hydrogens (tertiary/aromatic N) is 2. The SMILES string of the molecule is CN1CCN([C@H](c2ccccc2)c2oc3ccccc3c2NC(=O)c2ccco2)CC1. The van der Waals surface area contributed by atoms with Gasteiger partial charge in [0, 0.05) is 31.6 Å². The molecule has 4 aromatic rings. The number of hydrogen-bond donors (Lipinski definition) is 1. The van der Waals surface area contributed by atoms with Crippen LogP contribution in [0, 0.1) is 0 Å². The zero-order chi connectivity index (χ0) is 21.2. The van der Waals surface area contributed by atoms with E-state index in [1.54, 1.807) is 12.1 Å². The Labute approximate surface area is 181 Å².